The van der Waals surface area contributed by atoms with E-state index in [1.807, 2.05) is 80.8 Å². The van der Waals surface area contributed by atoms with Crippen molar-refractivity contribution in [1.82, 2.24) is 14.7 Å². The first kappa shape index (κ1) is 16.0. The molecule has 1 amide bonds. The zero-order valence-electron chi connectivity index (χ0n) is 14.0. The van der Waals surface area contributed by atoms with Gasteiger partial charge in [0.25, 0.3) is 0 Å². The minimum Gasteiger partial charge on any atom is -0.339 e. The monoisotopic (exact) mass is 319 g/mol. The van der Waals surface area contributed by atoms with Crippen LogP contribution in [0.4, 0.5) is 0 Å². The van der Waals surface area contributed by atoms with Crippen LogP contribution in [0.5, 0.6) is 0 Å². The fourth-order valence-corrected chi connectivity index (χ4v) is 2.64. The molecule has 0 aliphatic rings. The van der Waals surface area contributed by atoms with Crippen LogP contribution in [-0.4, -0.2) is 27.6 Å². The van der Waals surface area contributed by atoms with Gasteiger partial charge in [0.15, 0.2) is 0 Å². The maximum Gasteiger partial charge on any atom is 0.227 e. The van der Waals surface area contributed by atoms with Gasteiger partial charge in [0, 0.05) is 13.2 Å². The molecule has 0 bridgehead atoms. The highest BCUT2D eigenvalue weighted by Crippen LogP contribution is 2.19. The van der Waals surface area contributed by atoms with E-state index in [0.29, 0.717) is 6.42 Å². The van der Waals surface area contributed by atoms with Crippen LogP contribution in [0.15, 0.2) is 73.1 Å². The summed E-state index contributed by atoms with van der Waals surface area (Å²) in [5.41, 5.74) is 3.03. The van der Waals surface area contributed by atoms with E-state index in [0.717, 1.165) is 16.8 Å². The van der Waals surface area contributed by atoms with Crippen molar-refractivity contribution in [3.8, 4) is 5.69 Å². The van der Waals surface area contributed by atoms with Gasteiger partial charge in [0.05, 0.1) is 24.3 Å². The third-order valence-electron chi connectivity index (χ3n) is 4.27. The molecule has 1 atom stereocenters. The summed E-state index contributed by atoms with van der Waals surface area (Å²) >= 11 is 0. The Balaban J connectivity index is 1.68. The molecule has 0 aliphatic carbocycles. The minimum absolute atomic E-state index is 0.0443. The summed E-state index contributed by atoms with van der Waals surface area (Å²) in [6, 6.07) is 20.0. The van der Waals surface area contributed by atoms with Crippen LogP contribution in [0, 0.1) is 0 Å². The van der Waals surface area contributed by atoms with Gasteiger partial charge < -0.3 is 4.90 Å². The first-order valence-electron chi connectivity index (χ1n) is 8.04. The molecule has 3 rings (SSSR count). The van der Waals surface area contributed by atoms with Gasteiger partial charge >= 0.3 is 0 Å². The number of carbonyl (C=O) groups is 1. The van der Waals surface area contributed by atoms with Crippen molar-refractivity contribution >= 4 is 5.91 Å². The first-order valence-corrected chi connectivity index (χ1v) is 8.04. The number of hydrogen-bond acceptors (Lipinski definition) is 2. The number of benzene rings is 2. The second-order valence-corrected chi connectivity index (χ2v) is 5.90. The van der Waals surface area contributed by atoms with Crippen molar-refractivity contribution in [2.24, 2.45) is 0 Å². The number of aromatic nitrogens is 2. The summed E-state index contributed by atoms with van der Waals surface area (Å²) in [6.45, 7) is 2.04. The van der Waals surface area contributed by atoms with Crippen molar-refractivity contribution in [2.75, 3.05) is 7.05 Å². The average Bonchev–Trinajstić information content (AvgIpc) is 3.10. The molecule has 0 saturated heterocycles. The second kappa shape index (κ2) is 7.13. The first-order chi connectivity index (χ1) is 11.6. The molecule has 122 valence electrons. The minimum atomic E-state index is 0.0443. The van der Waals surface area contributed by atoms with Gasteiger partial charge in [0.1, 0.15) is 0 Å². The zero-order chi connectivity index (χ0) is 16.9. The van der Waals surface area contributed by atoms with E-state index in [9.17, 15) is 4.79 Å². The Hall–Kier alpha value is -2.88. The zero-order valence-corrected chi connectivity index (χ0v) is 14.0. The number of amides is 1. The van der Waals surface area contributed by atoms with E-state index in [2.05, 4.69) is 5.10 Å². The van der Waals surface area contributed by atoms with Crippen molar-refractivity contribution in [2.45, 2.75) is 19.4 Å². The van der Waals surface area contributed by atoms with E-state index in [1.54, 1.807) is 15.8 Å². The summed E-state index contributed by atoms with van der Waals surface area (Å²) < 4.78 is 1.79. The normalized spacial score (nSPS) is 11.9. The van der Waals surface area contributed by atoms with Crippen LogP contribution in [-0.2, 0) is 11.2 Å². The van der Waals surface area contributed by atoms with Crippen LogP contribution < -0.4 is 0 Å². The lowest BCUT2D eigenvalue weighted by molar-refractivity contribution is -0.131. The number of para-hydroxylation sites is 1. The average molecular weight is 319 g/mol. The van der Waals surface area contributed by atoms with E-state index in [-0.39, 0.29) is 11.9 Å². The Morgan fingerprint density at radius 2 is 1.71 bits per heavy atom. The molecule has 0 spiro atoms. The predicted molar refractivity (Wildman–Crippen MR) is 94.9 cm³/mol. The summed E-state index contributed by atoms with van der Waals surface area (Å²) in [5, 5.41) is 4.35. The molecule has 1 heterocycles. The number of nitrogens with zero attached hydrogens (tertiary/aromatic N) is 3. The lowest BCUT2D eigenvalue weighted by atomic mass is 10.1. The molecule has 0 fully saturated rings. The smallest absolute Gasteiger partial charge is 0.227 e. The number of likely N-dealkylation sites (N-methyl/N-ethyl adjacent to an activating group) is 1. The van der Waals surface area contributed by atoms with Crippen LogP contribution in [0.25, 0.3) is 5.69 Å². The summed E-state index contributed by atoms with van der Waals surface area (Å²) in [4.78, 5) is 14.3. The molecule has 0 radical (unpaired) electrons. The van der Waals surface area contributed by atoms with E-state index in [4.69, 9.17) is 0 Å². The second-order valence-electron chi connectivity index (χ2n) is 5.90. The summed E-state index contributed by atoms with van der Waals surface area (Å²) in [5.74, 6) is 0.0824. The predicted octanol–water partition coefficient (Wildman–Crippen LogP) is 3.63. The molecular weight excluding hydrogens is 298 g/mol. The molecule has 3 aromatic rings. The molecule has 2 aromatic carbocycles. The maximum absolute atomic E-state index is 12.6. The Morgan fingerprint density at radius 3 is 2.38 bits per heavy atom. The van der Waals surface area contributed by atoms with Crippen LogP contribution in [0.1, 0.15) is 24.1 Å². The third-order valence-corrected chi connectivity index (χ3v) is 4.27. The topological polar surface area (TPSA) is 38.1 Å². The van der Waals surface area contributed by atoms with Gasteiger partial charge in [-0.1, -0.05) is 48.5 Å². The van der Waals surface area contributed by atoms with Gasteiger partial charge in [0.2, 0.25) is 5.91 Å². The quantitative estimate of drug-likeness (QED) is 0.720. The Kier molecular flexibility index (Phi) is 4.75. The molecule has 4 heteroatoms. The summed E-state index contributed by atoms with van der Waals surface area (Å²) in [6.07, 6.45) is 4.01. The molecule has 0 aliphatic heterocycles. The summed E-state index contributed by atoms with van der Waals surface area (Å²) in [7, 11) is 1.85. The van der Waals surface area contributed by atoms with Crippen LogP contribution in [0.3, 0.4) is 0 Å². The van der Waals surface area contributed by atoms with Crippen molar-refractivity contribution in [3.63, 3.8) is 0 Å². The van der Waals surface area contributed by atoms with Gasteiger partial charge in [-0.2, -0.15) is 5.10 Å². The van der Waals surface area contributed by atoms with E-state index < -0.39 is 0 Å². The van der Waals surface area contributed by atoms with E-state index in [1.165, 1.54) is 0 Å². The Bertz CT molecular complexity index is 796. The maximum atomic E-state index is 12.6. The molecule has 0 N–H and O–H groups in total. The number of rotatable bonds is 5. The number of hydrogen-bond donors (Lipinski definition) is 0. The fourth-order valence-electron chi connectivity index (χ4n) is 2.64. The van der Waals surface area contributed by atoms with Crippen LogP contribution in [0.2, 0.25) is 0 Å². The Labute approximate surface area is 142 Å². The molecular formula is C20H21N3O. The molecule has 1 aromatic heterocycles. The molecule has 24 heavy (non-hydrogen) atoms. The van der Waals surface area contributed by atoms with Crippen molar-refractivity contribution in [1.29, 1.82) is 0 Å². The third kappa shape index (κ3) is 3.54. The van der Waals surface area contributed by atoms with E-state index >= 15 is 0 Å². The molecule has 0 unspecified atom stereocenters. The highest BCUT2D eigenvalue weighted by atomic mass is 16.2. The fraction of sp³-hybridized carbons (Fsp3) is 0.200. The van der Waals surface area contributed by atoms with Gasteiger partial charge in [-0.05, 0) is 30.2 Å². The highest BCUT2D eigenvalue weighted by molar-refractivity contribution is 5.78. The highest BCUT2D eigenvalue weighted by Gasteiger charge is 2.18. The lowest BCUT2D eigenvalue weighted by Gasteiger charge is -2.25. The van der Waals surface area contributed by atoms with Gasteiger partial charge in [-0.3, -0.25) is 4.79 Å². The number of carbonyl (C=O) groups excluding carboxylic acids is 1. The lowest BCUT2D eigenvalue weighted by Crippen LogP contribution is -2.30. The van der Waals surface area contributed by atoms with Crippen molar-refractivity contribution < 1.29 is 4.79 Å². The van der Waals surface area contributed by atoms with Gasteiger partial charge in [-0.15, -0.1) is 0 Å². The molecule has 4 nitrogen and oxygen atoms in total. The SMILES string of the molecule is C[C@@H](c1ccccc1)N(C)C(=O)Cc1cnn(-c2ccccc2)c1. The van der Waals surface area contributed by atoms with Gasteiger partial charge in [-0.25, -0.2) is 4.68 Å². The molecule has 0 saturated carbocycles. The standard InChI is InChI=1S/C20H21N3O/c1-16(18-9-5-3-6-10-18)22(2)20(24)13-17-14-21-23(15-17)19-11-7-4-8-12-19/h3-12,14-16H,13H2,1-2H3/t16-/m0/s1. The largest absolute Gasteiger partial charge is 0.339 e. The van der Waals surface area contributed by atoms with Crippen molar-refractivity contribution in [3.05, 3.63) is 84.2 Å². The Morgan fingerprint density at radius 1 is 1.08 bits per heavy atom. The van der Waals surface area contributed by atoms with Crippen LogP contribution >= 0.6 is 0 Å².